The highest BCUT2D eigenvalue weighted by molar-refractivity contribution is 7.98. The molecule has 0 fully saturated rings. The summed E-state index contributed by atoms with van der Waals surface area (Å²) in [5, 5.41) is 1.32. The van der Waals surface area contributed by atoms with E-state index in [1.54, 1.807) is 11.8 Å². The van der Waals surface area contributed by atoms with Gasteiger partial charge in [0, 0.05) is 22.0 Å². The Bertz CT molecular complexity index is 364. The van der Waals surface area contributed by atoms with Crippen LogP contribution in [0.3, 0.4) is 0 Å². The number of rotatable bonds is 1. The third-order valence-electron chi connectivity index (χ3n) is 1.77. The van der Waals surface area contributed by atoms with Gasteiger partial charge < -0.3 is 4.98 Å². The standard InChI is InChI=1S/C9H9NS/c1-11-9-6-10-8-5-3-2-4-7(8)9/h2-6,10H,1H3/i6+1. The lowest BCUT2D eigenvalue weighted by atomic mass is 10.3. The highest BCUT2D eigenvalue weighted by Gasteiger charge is 1.98. The quantitative estimate of drug-likeness (QED) is 0.641. The first kappa shape index (κ1) is 6.80. The molecule has 11 heavy (non-hydrogen) atoms. The Hall–Kier alpha value is -0.890. The van der Waals surface area contributed by atoms with E-state index in [9.17, 15) is 0 Å². The molecule has 0 saturated carbocycles. The summed E-state index contributed by atoms with van der Waals surface area (Å²) in [5.41, 5.74) is 1.22. The van der Waals surface area contributed by atoms with Crippen molar-refractivity contribution in [2.45, 2.75) is 4.90 Å². The second kappa shape index (κ2) is 2.62. The van der Waals surface area contributed by atoms with Gasteiger partial charge in [-0.2, -0.15) is 0 Å². The van der Waals surface area contributed by atoms with Crippen LogP contribution in [0.5, 0.6) is 0 Å². The maximum Gasteiger partial charge on any atom is 0.0465 e. The molecule has 1 nitrogen and oxygen atoms in total. The van der Waals surface area contributed by atoms with Gasteiger partial charge in [0.1, 0.15) is 0 Å². The summed E-state index contributed by atoms with van der Waals surface area (Å²) in [6.45, 7) is 0. The second-order valence-electron chi connectivity index (χ2n) is 2.40. The average Bonchev–Trinajstić information content (AvgIpc) is 2.47. The number of fused-ring (bicyclic) bond motifs is 1. The summed E-state index contributed by atoms with van der Waals surface area (Å²) in [6, 6.07) is 8.34. The average molecular weight is 164 g/mol. The SMILES string of the molecule is CSc1[13cH][nH]c2ccccc12. The van der Waals surface area contributed by atoms with Crippen molar-refractivity contribution >= 4 is 22.7 Å². The van der Waals surface area contributed by atoms with Crippen molar-refractivity contribution in [2.75, 3.05) is 6.26 Å². The van der Waals surface area contributed by atoms with Gasteiger partial charge in [0.15, 0.2) is 0 Å². The molecule has 0 saturated heterocycles. The molecule has 0 radical (unpaired) electrons. The van der Waals surface area contributed by atoms with Crippen LogP contribution in [0.1, 0.15) is 0 Å². The first-order chi connectivity index (χ1) is 5.42. The van der Waals surface area contributed by atoms with E-state index in [1.807, 2.05) is 6.07 Å². The zero-order valence-electron chi connectivity index (χ0n) is 6.29. The molecule has 1 aromatic heterocycles. The Kier molecular flexibility index (Phi) is 1.62. The lowest BCUT2D eigenvalue weighted by Crippen LogP contribution is -1.64. The zero-order valence-corrected chi connectivity index (χ0v) is 7.11. The van der Waals surface area contributed by atoms with Crippen LogP contribution in [-0.4, -0.2) is 11.2 Å². The van der Waals surface area contributed by atoms with Crippen LogP contribution in [0.2, 0.25) is 0 Å². The fourth-order valence-corrected chi connectivity index (χ4v) is 1.79. The van der Waals surface area contributed by atoms with Crippen LogP contribution in [0.4, 0.5) is 0 Å². The first-order valence-electron chi connectivity index (χ1n) is 3.52. The van der Waals surface area contributed by atoms with Gasteiger partial charge in [-0.05, 0) is 12.3 Å². The van der Waals surface area contributed by atoms with Crippen molar-refractivity contribution in [3.05, 3.63) is 30.5 Å². The zero-order chi connectivity index (χ0) is 7.68. The lowest BCUT2D eigenvalue weighted by molar-refractivity contribution is 1.42. The van der Waals surface area contributed by atoms with E-state index in [1.165, 1.54) is 15.8 Å². The van der Waals surface area contributed by atoms with Gasteiger partial charge in [0.25, 0.3) is 0 Å². The number of aromatic nitrogens is 1. The molecule has 0 unspecified atom stereocenters. The fourth-order valence-electron chi connectivity index (χ4n) is 1.21. The predicted octanol–water partition coefficient (Wildman–Crippen LogP) is 2.89. The van der Waals surface area contributed by atoms with Crippen LogP contribution >= 0.6 is 11.8 Å². The maximum absolute atomic E-state index is 3.22. The number of aromatic amines is 1. The van der Waals surface area contributed by atoms with Gasteiger partial charge in [-0.3, -0.25) is 0 Å². The summed E-state index contributed by atoms with van der Waals surface area (Å²) >= 11 is 1.77. The van der Waals surface area contributed by atoms with Gasteiger partial charge in [-0.25, -0.2) is 0 Å². The molecular formula is C9H9NS. The van der Waals surface area contributed by atoms with Crippen molar-refractivity contribution < 1.29 is 0 Å². The third kappa shape index (κ3) is 1.03. The Labute approximate surface area is 69.8 Å². The Balaban J connectivity index is 2.76. The molecule has 0 aliphatic carbocycles. The Morgan fingerprint density at radius 1 is 1.27 bits per heavy atom. The maximum atomic E-state index is 3.22. The normalized spacial score (nSPS) is 10.6. The Morgan fingerprint density at radius 2 is 2.09 bits per heavy atom. The highest BCUT2D eigenvalue weighted by Crippen LogP contribution is 2.25. The monoisotopic (exact) mass is 164 g/mol. The molecule has 0 atom stereocenters. The second-order valence-corrected chi connectivity index (χ2v) is 3.25. The summed E-state index contributed by atoms with van der Waals surface area (Å²) < 4.78 is 0. The lowest BCUT2D eigenvalue weighted by Gasteiger charge is -1.90. The molecule has 0 spiro atoms. The molecule has 56 valence electrons. The van der Waals surface area contributed by atoms with Crippen LogP contribution < -0.4 is 0 Å². The Morgan fingerprint density at radius 3 is 2.91 bits per heavy atom. The topological polar surface area (TPSA) is 15.8 Å². The number of thioether (sulfide) groups is 1. The van der Waals surface area contributed by atoms with Gasteiger partial charge >= 0.3 is 0 Å². The van der Waals surface area contributed by atoms with E-state index in [0.29, 0.717) is 0 Å². The first-order valence-corrected chi connectivity index (χ1v) is 4.74. The summed E-state index contributed by atoms with van der Waals surface area (Å²) in [4.78, 5) is 4.54. The van der Waals surface area contributed by atoms with E-state index >= 15 is 0 Å². The molecule has 2 heteroatoms. The molecule has 2 aromatic rings. The molecule has 0 aliphatic rings. The van der Waals surface area contributed by atoms with Crippen molar-refractivity contribution in [1.29, 1.82) is 0 Å². The number of hydrogen-bond acceptors (Lipinski definition) is 1. The van der Waals surface area contributed by atoms with Crippen molar-refractivity contribution in [2.24, 2.45) is 0 Å². The van der Waals surface area contributed by atoms with Crippen molar-refractivity contribution in [3.8, 4) is 0 Å². The highest BCUT2D eigenvalue weighted by atomic mass is 32.2. The number of hydrogen-bond donors (Lipinski definition) is 1. The minimum atomic E-state index is 1.22. The molecule has 1 aromatic carbocycles. The number of H-pyrrole nitrogens is 1. The molecule has 2 rings (SSSR count). The van der Waals surface area contributed by atoms with Gasteiger partial charge in [0.05, 0.1) is 0 Å². The minimum absolute atomic E-state index is 1.22. The molecule has 0 amide bonds. The third-order valence-corrected chi connectivity index (χ3v) is 2.55. The largest absolute Gasteiger partial charge is 0.360 e. The molecular weight excluding hydrogens is 155 g/mol. The summed E-state index contributed by atoms with van der Waals surface area (Å²) in [6.07, 6.45) is 4.14. The number of nitrogens with one attached hydrogen (secondary N) is 1. The van der Waals surface area contributed by atoms with E-state index in [2.05, 4.69) is 35.6 Å². The van der Waals surface area contributed by atoms with Gasteiger partial charge in [-0.15, -0.1) is 11.8 Å². The molecule has 1 heterocycles. The van der Waals surface area contributed by atoms with Crippen LogP contribution in [-0.2, 0) is 0 Å². The fraction of sp³-hybridized carbons (Fsp3) is 0.111. The van der Waals surface area contributed by atoms with Crippen molar-refractivity contribution in [1.82, 2.24) is 4.98 Å². The summed E-state index contributed by atoms with van der Waals surface area (Å²) in [7, 11) is 0. The van der Waals surface area contributed by atoms with Gasteiger partial charge in [-0.1, -0.05) is 18.2 Å². The van der Waals surface area contributed by atoms with E-state index in [4.69, 9.17) is 0 Å². The van der Waals surface area contributed by atoms with Crippen LogP contribution in [0.25, 0.3) is 10.9 Å². The van der Waals surface area contributed by atoms with Crippen molar-refractivity contribution in [3.63, 3.8) is 0 Å². The number of benzene rings is 1. The van der Waals surface area contributed by atoms with Crippen LogP contribution in [0.15, 0.2) is 35.4 Å². The predicted molar refractivity (Wildman–Crippen MR) is 50.1 cm³/mol. The molecule has 1 N–H and O–H groups in total. The molecule has 0 bridgehead atoms. The van der Waals surface area contributed by atoms with Crippen LogP contribution in [0, 0.1) is 0 Å². The van der Waals surface area contributed by atoms with Gasteiger partial charge in [0.2, 0.25) is 0 Å². The van der Waals surface area contributed by atoms with E-state index in [0.717, 1.165) is 0 Å². The summed E-state index contributed by atoms with van der Waals surface area (Å²) in [5.74, 6) is 0. The van der Waals surface area contributed by atoms with E-state index in [-0.39, 0.29) is 0 Å². The molecule has 0 aliphatic heterocycles. The van der Waals surface area contributed by atoms with E-state index < -0.39 is 0 Å². The smallest absolute Gasteiger partial charge is 0.0465 e. The number of para-hydroxylation sites is 1. The minimum Gasteiger partial charge on any atom is -0.360 e.